The fraction of sp³-hybridized carbons (Fsp3) is 0.467. The van der Waals surface area contributed by atoms with E-state index < -0.39 is 0 Å². The first kappa shape index (κ1) is 12.2. The summed E-state index contributed by atoms with van der Waals surface area (Å²) in [7, 11) is 0. The number of nitrogens with zero attached hydrogens (tertiary/aromatic N) is 2. The molecule has 1 fully saturated rings. The van der Waals surface area contributed by atoms with Gasteiger partial charge in [-0.3, -0.25) is 0 Å². The van der Waals surface area contributed by atoms with Crippen molar-refractivity contribution in [3.63, 3.8) is 0 Å². The van der Waals surface area contributed by atoms with Crippen molar-refractivity contribution >= 4 is 5.69 Å². The van der Waals surface area contributed by atoms with Crippen LogP contribution in [0.1, 0.15) is 31.7 Å². The molecule has 1 atom stereocenters. The normalized spacial score (nSPS) is 16.3. The summed E-state index contributed by atoms with van der Waals surface area (Å²) in [6, 6.07) is 6.73. The summed E-state index contributed by atoms with van der Waals surface area (Å²) in [6.45, 7) is 4.36. The van der Waals surface area contributed by atoms with Gasteiger partial charge in [0.25, 0.3) is 0 Å². The van der Waals surface area contributed by atoms with Gasteiger partial charge in [0, 0.05) is 17.3 Å². The number of hydrogen-bond acceptors (Lipinski definition) is 4. The third-order valence-electron chi connectivity index (χ3n) is 3.62. The molecular formula is C15H19N3O. The Morgan fingerprint density at radius 1 is 1.42 bits per heavy atom. The topological polar surface area (TPSA) is 51.0 Å². The Labute approximate surface area is 113 Å². The fourth-order valence-electron chi connectivity index (χ4n) is 2.44. The predicted molar refractivity (Wildman–Crippen MR) is 74.9 cm³/mol. The molecule has 1 saturated carbocycles. The number of aryl methyl sites for hydroxylation is 1. The lowest BCUT2D eigenvalue weighted by atomic mass is 10.1. The third kappa shape index (κ3) is 2.95. The van der Waals surface area contributed by atoms with E-state index in [1.54, 1.807) is 0 Å². The average molecular weight is 257 g/mol. The van der Waals surface area contributed by atoms with Crippen LogP contribution in [-0.4, -0.2) is 16.2 Å². The Hall–Kier alpha value is -1.84. The minimum Gasteiger partial charge on any atom is -0.423 e. The predicted octanol–water partition coefficient (Wildman–Crippen LogP) is 3.65. The van der Waals surface area contributed by atoms with Gasteiger partial charge >= 0.3 is 0 Å². The number of anilines is 1. The van der Waals surface area contributed by atoms with Crippen LogP contribution in [0.25, 0.3) is 11.5 Å². The van der Waals surface area contributed by atoms with Crippen molar-refractivity contribution in [1.82, 2.24) is 10.2 Å². The molecule has 1 aliphatic carbocycles. The second-order valence-corrected chi connectivity index (χ2v) is 5.50. The maximum Gasteiger partial charge on any atom is 0.247 e. The summed E-state index contributed by atoms with van der Waals surface area (Å²) in [4.78, 5) is 0. The first-order valence-corrected chi connectivity index (χ1v) is 6.86. The zero-order valence-electron chi connectivity index (χ0n) is 11.4. The van der Waals surface area contributed by atoms with Crippen molar-refractivity contribution in [3.05, 3.63) is 30.2 Å². The van der Waals surface area contributed by atoms with Gasteiger partial charge in [-0.1, -0.05) is 12.8 Å². The van der Waals surface area contributed by atoms with Gasteiger partial charge in [-0.15, -0.1) is 10.2 Å². The van der Waals surface area contributed by atoms with E-state index >= 15 is 0 Å². The molecule has 1 unspecified atom stereocenters. The molecule has 1 N–H and O–H groups in total. The van der Waals surface area contributed by atoms with Crippen LogP contribution < -0.4 is 5.32 Å². The molecule has 2 aromatic rings. The molecule has 1 aromatic carbocycles. The molecule has 1 aromatic heterocycles. The molecule has 0 bridgehead atoms. The molecule has 0 amide bonds. The summed E-state index contributed by atoms with van der Waals surface area (Å²) in [6.07, 6.45) is 5.43. The van der Waals surface area contributed by atoms with Crippen LogP contribution in [0.4, 0.5) is 5.69 Å². The highest BCUT2D eigenvalue weighted by Gasteiger charge is 2.23. The van der Waals surface area contributed by atoms with Gasteiger partial charge in [0.2, 0.25) is 12.3 Å². The summed E-state index contributed by atoms with van der Waals surface area (Å²) in [5.41, 5.74) is 3.37. The highest BCUT2D eigenvalue weighted by atomic mass is 16.4. The quantitative estimate of drug-likeness (QED) is 0.888. The van der Waals surface area contributed by atoms with Crippen molar-refractivity contribution < 1.29 is 4.42 Å². The van der Waals surface area contributed by atoms with Gasteiger partial charge < -0.3 is 9.73 Å². The summed E-state index contributed by atoms with van der Waals surface area (Å²) >= 11 is 0. The van der Waals surface area contributed by atoms with Crippen LogP contribution in [0.2, 0.25) is 0 Å². The van der Waals surface area contributed by atoms with Gasteiger partial charge in [0.15, 0.2) is 0 Å². The summed E-state index contributed by atoms with van der Waals surface area (Å²) < 4.78 is 5.21. The Balaban J connectivity index is 1.72. The first-order chi connectivity index (χ1) is 9.22. The van der Waals surface area contributed by atoms with E-state index in [0.717, 1.165) is 11.5 Å². The average Bonchev–Trinajstić information content (AvgIpc) is 3.03. The molecule has 0 aliphatic heterocycles. The molecule has 0 spiro atoms. The monoisotopic (exact) mass is 257 g/mol. The lowest BCUT2D eigenvalue weighted by Crippen LogP contribution is -2.16. The van der Waals surface area contributed by atoms with Crippen molar-refractivity contribution in [1.29, 1.82) is 0 Å². The number of hydrogen-bond donors (Lipinski definition) is 1. The molecule has 1 heterocycles. The van der Waals surface area contributed by atoms with Crippen LogP contribution in [0, 0.1) is 12.8 Å². The Morgan fingerprint density at radius 3 is 2.89 bits per heavy atom. The Morgan fingerprint density at radius 2 is 2.26 bits per heavy atom. The number of benzene rings is 1. The Bertz CT molecular complexity index is 547. The lowest BCUT2D eigenvalue weighted by molar-refractivity contribution is 0.568. The second-order valence-electron chi connectivity index (χ2n) is 5.50. The smallest absolute Gasteiger partial charge is 0.247 e. The molecule has 4 heteroatoms. The van der Waals surface area contributed by atoms with Crippen molar-refractivity contribution in [3.8, 4) is 11.5 Å². The molecule has 19 heavy (non-hydrogen) atoms. The van der Waals surface area contributed by atoms with E-state index in [2.05, 4.69) is 41.5 Å². The van der Waals surface area contributed by atoms with Crippen LogP contribution >= 0.6 is 0 Å². The molecule has 4 nitrogen and oxygen atoms in total. The van der Waals surface area contributed by atoms with Crippen molar-refractivity contribution in [2.45, 2.75) is 39.2 Å². The first-order valence-electron chi connectivity index (χ1n) is 6.86. The van der Waals surface area contributed by atoms with E-state index in [1.807, 2.05) is 6.07 Å². The molecule has 1 aliphatic rings. The SMILES string of the molecule is Cc1cc(-c2nnco2)ccc1NC(C)CC1CC1. The zero-order valence-corrected chi connectivity index (χ0v) is 11.4. The van der Waals surface area contributed by atoms with Crippen molar-refractivity contribution in [2.24, 2.45) is 5.92 Å². The van der Waals surface area contributed by atoms with Crippen LogP contribution in [-0.2, 0) is 0 Å². The van der Waals surface area contributed by atoms with E-state index in [-0.39, 0.29) is 0 Å². The van der Waals surface area contributed by atoms with E-state index in [4.69, 9.17) is 4.42 Å². The minimum atomic E-state index is 0.528. The molecule has 0 saturated heterocycles. The van der Waals surface area contributed by atoms with Crippen molar-refractivity contribution in [2.75, 3.05) is 5.32 Å². The molecular weight excluding hydrogens is 238 g/mol. The molecule has 100 valence electrons. The van der Waals surface area contributed by atoms with Gasteiger partial charge in [-0.05, 0) is 49.9 Å². The lowest BCUT2D eigenvalue weighted by Gasteiger charge is -2.17. The van der Waals surface area contributed by atoms with Gasteiger partial charge in [-0.25, -0.2) is 0 Å². The Kier molecular flexibility index (Phi) is 3.23. The maximum atomic E-state index is 5.21. The molecule has 3 rings (SSSR count). The standard InChI is InChI=1S/C15H19N3O/c1-10-7-13(15-18-16-9-19-15)5-6-14(10)17-11(2)8-12-3-4-12/h5-7,9,11-12,17H,3-4,8H2,1-2H3. The number of nitrogens with one attached hydrogen (secondary N) is 1. The number of aromatic nitrogens is 2. The third-order valence-corrected chi connectivity index (χ3v) is 3.62. The van der Waals surface area contributed by atoms with E-state index in [9.17, 15) is 0 Å². The van der Waals surface area contributed by atoms with Gasteiger partial charge in [0.05, 0.1) is 0 Å². The fourth-order valence-corrected chi connectivity index (χ4v) is 2.44. The number of rotatable bonds is 5. The van der Waals surface area contributed by atoms with Crippen LogP contribution in [0.15, 0.2) is 29.0 Å². The maximum absolute atomic E-state index is 5.21. The minimum absolute atomic E-state index is 0.528. The van der Waals surface area contributed by atoms with Gasteiger partial charge in [-0.2, -0.15) is 0 Å². The van der Waals surface area contributed by atoms with E-state index in [1.165, 1.54) is 36.9 Å². The van der Waals surface area contributed by atoms with Gasteiger partial charge in [0.1, 0.15) is 0 Å². The summed E-state index contributed by atoms with van der Waals surface area (Å²) in [5, 5.41) is 11.2. The highest BCUT2D eigenvalue weighted by molar-refractivity contribution is 5.62. The highest BCUT2D eigenvalue weighted by Crippen LogP contribution is 2.34. The van der Waals surface area contributed by atoms with Crippen LogP contribution in [0.3, 0.4) is 0 Å². The zero-order chi connectivity index (χ0) is 13.2. The van der Waals surface area contributed by atoms with E-state index in [0.29, 0.717) is 11.9 Å². The molecule has 0 radical (unpaired) electrons. The second kappa shape index (κ2) is 5.03. The summed E-state index contributed by atoms with van der Waals surface area (Å²) in [5.74, 6) is 1.51. The van der Waals surface area contributed by atoms with Crippen LogP contribution in [0.5, 0.6) is 0 Å². The largest absolute Gasteiger partial charge is 0.423 e.